The maximum absolute atomic E-state index is 12.7. The van der Waals surface area contributed by atoms with Crippen LogP contribution in [0.4, 0.5) is 5.69 Å². The van der Waals surface area contributed by atoms with E-state index in [0.717, 1.165) is 22.2 Å². The molecule has 31 heavy (non-hydrogen) atoms. The molecule has 2 heterocycles. The van der Waals surface area contributed by atoms with Crippen LogP contribution >= 0.6 is 0 Å². The highest BCUT2D eigenvalue weighted by atomic mass is 16.6. The molecule has 0 spiro atoms. The first-order chi connectivity index (χ1) is 14.9. The van der Waals surface area contributed by atoms with Gasteiger partial charge in [0, 0.05) is 25.0 Å². The van der Waals surface area contributed by atoms with E-state index in [2.05, 4.69) is 10.4 Å². The third kappa shape index (κ3) is 3.54. The lowest BCUT2D eigenvalue weighted by atomic mass is 10.1. The van der Waals surface area contributed by atoms with Crippen LogP contribution in [0.25, 0.3) is 5.69 Å². The van der Waals surface area contributed by atoms with Crippen molar-refractivity contribution in [3.63, 3.8) is 0 Å². The molecular weight excluding hydrogens is 402 g/mol. The number of nitro groups is 1. The predicted molar refractivity (Wildman–Crippen MR) is 108 cm³/mol. The second kappa shape index (κ2) is 7.82. The van der Waals surface area contributed by atoms with Crippen molar-refractivity contribution in [3.8, 4) is 5.69 Å². The molecule has 1 aliphatic rings. The van der Waals surface area contributed by atoms with Gasteiger partial charge in [-0.05, 0) is 36.8 Å². The van der Waals surface area contributed by atoms with Crippen LogP contribution in [0.1, 0.15) is 33.2 Å². The van der Waals surface area contributed by atoms with E-state index in [1.54, 1.807) is 10.9 Å². The molecule has 1 aliphatic heterocycles. The van der Waals surface area contributed by atoms with Crippen molar-refractivity contribution in [1.29, 1.82) is 0 Å². The molecule has 2 aromatic carbocycles. The maximum Gasteiger partial charge on any atom is 0.282 e. The third-order valence-corrected chi connectivity index (χ3v) is 5.06. The summed E-state index contributed by atoms with van der Waals surface area (Å²) in [6.45, 7) is 1.59. The number of aromatic nitrogens is 2. The Hall–Kier alpha value is -4.34. The lowest BCUT2D eigenvalue weighted by Gasteiger charge is -2.21. The largest absolute Gasteiger partial charge is 0.350 e. The highest BCUT2D eigenvalue weighted by Crippen LogP contribution is 2.31. The highest BCUT2D eigenvalue weighted by Gasteiger charge is 2.44. The van der Waals surface area contributed by atoms with Crippen LogP contribution in [0.3, 0.4) is 0 Å². The number of imide groups is 1. The number of amides is 3. The summed E-state index contributed by atoms with van der Waals surface area (Å²) in [4.78, 5) is 49.2. The van der Waals surface area contributed by atoms with Gasteiger partial charge in [-0.15, -0.1) is 0 Å². The fraction of sp³-hybridized carbons (Fsp3) is 0.143. The maximum atomic E-state index is 12.7. The van der Waals surface area contributed by atoms with Crippen LogP contribution in [-0.2, 0) is 11.3 Å². The quantitative estimate of drug-likeness (QED) is 0.370. The van der Waals surface area contributed by atoms with Gasteiger partial charge in [0.2, 0.25) is 5.91 Å². The molecule has 4 rings (SSSR count). The van der Waals surface area contributed by atoms with E-state index in [0.29, 0.717) is 0 Å². The Bertz CT molecular complexity index is 1190. The summed E-state index contributed by atoms with van der Waals surface area (Å²) in [5.41, 5.74) is 0.859. The average molecular weight is 419 g/mol. The number of nitro benzene ring substituents is 1. The Balaban J connectivity index is 1.45. The first kappa shape index (κ1) is 20.0. The molecule has 1 N–H and O–H groups in total. The van der Waals surface area contributed by atoms with Gasteiger partial charge in [0.05, 0.1) is 16.2 Å². The summed E-state index contributed by atoms with van der Waals surface area (Å²) >= 11 is 0. The van der Waals surface area contributed by atoms with Gasteiger partial charge < -0.3 is 5.32 Å². The minimum absolute atomic E-state index is 0.0759. The molecular formula is C21H17N5O5. The molecule has 0 bridgehead atoms. The number of carbonyl (C=O) groups is 3. The molecule has 0 aliphatic carbocycles. The van der Waals surface area contributed by atoms with Crippen molar-refractivity contribution in [2.24, 2.45) is 0 Å². The molecule has 0 saturated heterocycles. The highest BCUT2D eigenvalue weighted by molar-refractivity contribution is 6.24. The van der Waals surface area contributed by atoms with Gasteiger partial charge in [0.25, 0.3) is 17.5 Å². The van der Waals surface area contributed by atoms with Gasteiger partial charge in [-0.25, -0.2) is 4.68 Å². The number of nitrogens with one attached hydrogen (secondary N) is 1. The number of hydrogen-bond donors (Lipinski definition) is 1. The van der Waals surface area contributed by atoms with E-state index in [9.17, 15) is 24.5 Å². The van der Waals surface area contributed by atoms with Crippen LogP contribution in [0.2, 0.25) is 0 Å². The van der Waals surface area contributed by atoms with E-state index in [1.165, 1.54) is 19.1 Å². The molecule has 10 heteroatoms. The summed E-state index contributed by atoms with van der Waals surface area (Å²) < 4.78 is 1.70. The van der Waals surface area contributed by atoms with Crippen LogP contribution in [0, 0.1) is 10.1 Å². The molecule has 10 nitrogen and oxygen atoms in total. The Morgan fingerprint density at radius 2 is 1.87 bits per heavy atom. The zero-order valence-electron chi connectivity index (χ0n) is 16.4. The lowest BCUT2D eigenvalue weighted by Crippen LogP contribution is -2.47. The van der Waals surface area contributed by atoms with Gasteiger partial charge in [-0.1, -0.05) is 18.2 Å². The fourth-order valence-electron chi connectivity index (χ4n) is 3.43. The first-order valence-corrected chi connectivity index (χ1v) is 9.40. The van der Waals surface area contributed by atoms with Crippen molar-refractivity contribution in [1.82, 2.24) is 20.0 Å². The zero-order valence-corrected chi connectivity index (χ0v) is 16.4. The molecule has 1 atom stereocenters. The lowest BCUT2D eigenvalue weighted by molar-refractivity contribution is -0.385. The molecule has 0 saturated carbocycles. The van der Waals surface area contributed by atoms with Crippen LogP contribution < -0.4 is 5.32 Å². The molecule has 0 fully saturated rings. The number of hydrogen-bond acceptors (Lipinski definition) is 6. The minimum Gasteiger partial charge on any atom is -0.350 e. The van der Waals surface area contributed by atoms with Gasteiger partial charge in [-0.3, -0.25) is 29.4 Å². The summed E-state index contributed by atoms with van der Waals surface area (Å²) in [5.74, 6) is -2.12. The Morgan fingerprint density at radius 3 is 2.52 bits per heavy atom. The monoisotopic (exact) mass is 419 g/mol. The Labute approximate surface area is 176 Å². The fourth-order valence-corrected chi connectivity index (χ4v) is 3.43. The zero-order chi connectivity index (χ0) is 22.1. The Kier molecular flexibility index (Phi) is 5.04. The topological polar surface area (TPSA) is 127 Å². The van der Waals surface area contributed by atoms with Gasteiger partial charge in [0.1, 0.15) is 11.6 Å². The van der Waals surface area contributed by atoms with Crippen LogP contribution in [0.15, 0.2) is 60.9 Å². The molecule has 3 amide bonds. The second-order valence-corrected chi connectivity index (χ2v) is 6.95. The van der Waals surface area contributed by atoms with E-state index in [-0.39, 0.29) is 17.7 Å². The van der Waals surface area contributed by atoms with E-state index < -0.39 is 34.4 Å². The minimum atomic E-state index is -1.13. The summed E-state index contributed by atoms with van der Waals surface area (Å²) in [5, 5.41) is 18.1. The number of nitrogens with zero attached hydrogens (tertiary/aromatic N) is 4. The van der Waals surface area contributed by atoms with Crippen molar-refractivity contribution in [2.75, 3.05) is 0 Å². The van der Waals surface area contributed by atoms with Crippen molar-refractivity contribution < 1.29 is 19.3 Å². The van der Waals surface area contributed by atoms with E-state index in [4.69, 9.17) is 0 Å². The number of rotatable bonds is 6. The van der Waals surface area contributed by atoms with Crippen molar-refractivity contribution in [2.45, 2.75) is 19.5 Å². The van der Waals surface area contributed by atoms with Gasteiger partial charge in [0.15, 0.2) is 0 Å². The molecule has 1 unspecified atom stereocenters. The average Bonchev–Trinajstić information content (AvgIpc) is 3.39. The second-order valence-electron chi connectivity index (χ2n) is 6.95. The summed E-state index contributed by atoms with van der Waals surface area (Å²) in [7, 11) is 0. The van der Waals surface area contributed by atoms with Crippen molar-refractivity contribution >= 4 is 23.4 Å². The molecule has 1 aromatic heterocycles. The number of benzene rings is 2. The third-order valence-electron chi connectivity index (χ3n) is 5.06. The van der Waals surface area contributed by atoms with Crippen LogP contribution in [-0.4, -0.2) is 43.4 Å². The molecule has 3 aromatic rings. The predicted octanol–water partition coefficient (Wildman–Crippen LogP) is 2.08. The van der Waals surface area contributed by atoms with E-state index >= 15 is 0 Å². The normalized spacial score (nSPS) is 13.8. The van der Waals surface area contributed by atoms with Gasteiger partial charge >= 0.3 is 0 Å². The smallest absolute Gasteiger partial charge is 0.282 e. The number of fused-ring (bicyclic) bond motifs is 1. The van der Waals surface area contributed by atoms with E-state index in [1.807, 2.05) is 36.5 Å². The Morgan fingerprint density at radius 1 is 1.13 bits per heavy atom. The number of carbonyl (C=O) groups excluding carboxylic acids is 3. The van der Waals surface area contributed by atoms with Crippen molar-refractivity contribution in [3.05, 3.63) is 87.7 Å². The van der Waals surface area contributed by atoms with Gasteiger partial charge in [-0.2, -0.15) is 5.10 Å². The molecule has 0 radical (unpaired) electrons. The SMILES string of the molecule is CC(C(=O)NCc1ccc(-n2cccn2)cc1)N1C(=O)c2cccc([N+](=O)[O-])c2C1=O. The first-order valence-electron chi connectivity index (χ1n) is 9.40. The standard InChI is InChI=1S/C21H17N5O5/c1-13(25-20(28)16-4-2-5-17(26(30)31)18(16)21(25)29)19(27)22-12-14-6-8-15(9-7-14)24-11-3-10-23-24/h2-11,13H,12H2,1H3,(H,22,27). The van der Waals surface area contributed by atoms with Crippen LogP contribution in [0.5, 0.6) is 0 Å². The summed E-state index contributed by atoms with van der Waals surface area (Å²) in [6, 6.07) is 11.9. The summed E-state index contributed by atoms with van der Waals surface area (Å²) in [6.07, 6.45) is 3.48. The molecule has 156 valence electrons.